The summed E-state index contributed by atoms with van der Waals surface area (Å²) in [5.41, 5.74) is 0.880. The van der Waals surface area contributed by atoms with Crippen molar-refractivity contribution in [3.05, 3.63) is 39.9 Å². The van der Waals surface area contributed by atoms with Gasteiger partial charge < -0.3 is 9.80 Å². The minimum Gasteiger partial charge on any atom is -0.341 e. The maximum atomic E-state index is 12.5. The van der Waals surface area contributed by atoms with Crippen LogP contribution in [-0.4, -0.2) is 53.4 Å². The average molecular weight is 303 g/mol. The van der Waals surface area contributed by atoms with Crippen LogP contribution in [0, 0.1) is 16.0 Å². The van der Waals surface area contributed by atoms with E-state index in [-0.39, 0.29) is 11.6 Å². The minimum atomic E-state index is -0.426. The number of likely N-dealkylation sites (N-methyl/N-ethyl adjacent to an activating group) is 1. The van der Waals surface area contributed by atoms with Gasteiger partial charge in [-0.3, -0.25) is 14.9 Å². The number of fused-ring (bicyclic) bond motifs is 3. The number of benzene rings is 1. The summed E-state index contributed by atoms with van der Waals surface area (Å²) in [6, 6.07) is 6.56. The molecule has 118 valence electrons. The van der Waals surface area contributed by atoms with Crippen molar-refractivity contribution in [3.63, 3.8) is 0 Å². The summed E-state index contributed by atoms with van der Waals surface area (Å²) >= 11 is 0. The molecule has 0 N–H and O–H groups in total. The number of hydrogen-bond donors (Lipinski definition) is 0. The first-order valence-corrected chi connectivity index (χ1v) is 7.76. The number of carbonyl (C=O) groups excluding carboxylic acids is 1. The summed E-state index contributed by atoms with van der Waals surface area (Å²) in [5, 5.41) is 10.6. The van der Waals surface area contributed by atoms with Crippen LogP contribution in [0.15, 0.2) is 24.3 Å². The molecule has 0 radical (unpaired) electrons. The van der Waals surface area contributed by atoms with Crippen LogP contribution >= 0.6 is 0 Å². The number of non-ortho nitro benzene ring substituents is 1. The third-order valence-corrected chi connectivity index (χ3v) is 5.02. The van der Waals surface area contributed by atoms with E-state index in [4.69, 9.17) is 0 Å². The van der Waals surface area contributed by atoms with Crippen molar-refractivity contribution in [1.82, 2.24) is 9.80 Å². The molecule has 22 heavy (non-hydrogen) atoms. The highest BCUT2D eigenvalue weighted by atomic mass is 16.6. The number of amides is 1. The summed E-state index contributed by atoms with van der Waals surface area (Å²) < 4.78 is 0. The molecule has 1 aromatic rings. The molecule has 0 aromatic heterocycles. The van der Waals surface area contributed by atoms with Crippen LogP contribution in [0.3, 0.4) is 0 Å². The van der Waals surface area contributed by atoms with E-state index in [9.17, 15) is 14.9 Å². The van der Waals surface area contributed by atoms with E-state index in [2.05, 4.69) is 4.90 Å². The molecule has 6 heteroatoms. The van der Waals surface area contributed by atoms with Crippen LogP contribution in [0.2, 0.25) is 0 Å². The summed E-state index contributed by atoms with van der Waals surface area (Å²) in [7, 11) is 1.89. The van der Waals surface area contributed by atoms with E-state index < -0.39 is 4.92 Å². The number of nitrogens with zero attached hydrogens (tertiary/aromatic N) is 3. The lowest BCUT2D eigenvalue weighted by molar-refractivity contribution is -0.384. The van der Waals surface area contributed by atoms with Crippen molar-refractivity contribution in [3.8, 4) is 0 Å². The molecule has 3 aliphatic rings. The van der Waals surface area contributed by atoms with Crippen molar-refractivity contribution >= 4 is 11.6 Å². The Bertz CT molecular complexity index is 565. The van der Waals surface area contributed by atoms with Crippen LogP contribution in [0.4, 0.5) is 5.69 Å². The predicted octanol–water partition coefficient (Wildman–Crippen LogP) is 1.69. The Hall–Kier alpha value is -1.95. The highest BCUT2D eigenvalue weighted by Crippen LogP contribution is 2.30. The average Bonchev–Trinajstić information content (AvgIpc) is 2.55. The fraction of sp³-hybridized carbons (Fsp3) is 0.562. The van der Waals surface area contributed by atoms with Crippen LogP contribution < -0.4 is 0 Å². The zero-order chi connectivity index (χ0) is 15.7. The first-order chi connectivity index (χ1) is 10.5. The van der Waals surface area contributed by atoms with E-state index >= 15 is 0 Å². The summed E-state index contributed by atoms with van der Waals surface area (Å²) in [6.45, 7) is 3.30. The van der Waals surface area contributed by atoms with Gasteiger partial charge in [-0.05, 0) is 37.4 Å². The second kappa shape index (κ2) is 6.04. The molecule has 3 saturated heterocycles. The summed E-state index contributed by atoms with van der Waals surface area (Å²) in [4.78, 5) is 27.0. The smallest absolute Gasteiger partial charge is 0.269 e. The van der Waals surface area contributed by atoms with Crippen molar-refractivity contribution in [2.45, 2.75) is 25.3 Å². The third kappa shape index (κ3) is 2.97. The molecule has 1 atom stereocenters. The van der Waals surface area contributed by atoms with Crippen LogP contribution in [-0.2, 0) is 11.2 Å². The molecule has 3 heterocycles. The first-order valence-electron chi connectivity index (χ1n) is 7.76. The van der Waals surface area contributed by atoms with E-state index in [0.717, 1.165) is 25.2 Å². The number of carbonyl (C=O) groups is 1. The van der Waals surface area contributed by atoms with Gasteiger partial charge in [-0.15, -0.1) is 0 Å². The molecule has 3 fully saturated rings. The van der Waals surface area contributed by atoms with Gasteiger partial charge in [-0.1, -0.05) is 12.1 Å². The number of hydrogen-bond acceptors (Lipinski definition) is 4. The molecule has 3 aliphatic heterocycles. The zero-order valence-corrected chi connectivity index (χ0v) is 12.8. The van der Waals surface area contributed by atoms with Crippen LogP contribution in [0.1, 0.15) is 18.4 Å². The second-order valence-corrected chi connectivity index (χ2v) is 6.31. The maximum Gasteiger partial charge on any atom is 0.269 e. The van der Waals surface area contributed by atoms with Crippen molar-refractivity contribution in [1.29, 1.82) is 0 Å². The fourth-order valence-corrected chi connectivity index (χ4v) is 3.59. The van der Waals surface area contributed by atoms with Gasteiger partial charge in [-0.25, -0.2) is 0 Å². The Balaban J connectivity index is 1.62. The molecule has 1 unspecified atom stereocenters. The highest BCUT2D eigenvalue weighted by molar-refractivity contribution is 5.79. The Labute approximate surface area is 129 Å². The normalized spacial score (nSPS) is 26.7. The molecular formula is C16H21N3O3. The zero-order valence-electron chi connectivity index (χ0n) is 12.8. The Kier molecular flexibility index (Phi) is 4.11. The van der Waals surface area contributed by atoms with Gasteiger partial charge in [0.25, 0.3) is 5.69 Å². The topological polar surface area (TPSA) is 66.7 Å². The molecule has 1 aromatic carbocycles. The SMILES string of the molecule is CN(C(=O)Cc1ccc([N+](=O)[O-])cc1)C1CN2CCC1CC2. The number of piperidine rings is 3. The van der Waals surface area contributed by atoms with Gasteiger partial charge in [0.2, 0.25) is 5.91 Å². The molecule has 1 amide bonds. The molecule has 6 nitrogen and oxygen atoms in total. The lowest BCUT2D eigenvalue weighted by Crippen LogP contribution is -2.57. The first kappa shape index (κ1) is 15.0. The number of rotatable bonds is 4. The third-order valence-electron chi connectivity index (χ3n) is 5.02. The van der Waals surface area contributed by atoms with Crippen LogP contribution in [0.5, 0.6) is 0 Å². The Morgan fingerprint density at radius 2 is 1.95 bits per heavy atom. The maximum absolute atomic E-state index is 12.5. The molecular weight excluding hydrogens is 282 g/mol. The van der Waals surface area contributed by atoms with E-state index in [1.165, 1.54) is 25.0 Å². The van der Waals surface area contributed by atoms with E-state index in [0.29, 0.717) is 18.4 Å². The Morgan fingerprint density at radius 3 is 2.45 bits per heavy atom. The largest absolute Gasteiger partial charge is 0.341 e. The van der Waals surface area contributed by atoms with E-state index in [1.807, 2.05) is 11.9 Å². The van der Waals surface area contributed by atoms with Gasteiger partial charge in [0.1, 0.15) is 0 Å². The molecule has 0 aliphatic carbocycles. The second-order valence-electron chi connectivity index (χ2n) is 6.31. The monoisotopic (exact) mass is 303 g/mol. The highest BCUT2D eigenvalue weighted by Gasteiger charge is 2.37. The fourth-order valence-electron chi connectivity index (χ4n) is 3.59. The summed E-state index contributed by atoms with van der Waals surface area (Å²) in [6.07, 6.45) is 2.66. The van der Waals surface area contributed by atoms with Crippen LogP contribution in [0.25, 0.3) is 0 Å². The quantitative estimate of drug-likeness (QED) is 0.627. The number of nitro groups is 1. The van der Waals surface area contributed by atoms with Crippen molar-refractivity contribution in [2.75, 3.05) is 26.7 Å². The van der Waals surface area contributed by atoms with Gasteiger partial charge in [0.15, 0.2) is 0 Å². The minimum absolute atomic E-state index is 0.0574. The van der Waals surface area contributed by atoms with Gasteiger partial charge in [0.05, 0.1) is 11.3 Å². The van der Waals surface area contributed by atoms with Crippen molar-refractivity contribution in [2.24, 2.45) is 5.92 Å². The Morgan fingerprint density at radius 1 is 1.32 bits per heavy atom. The molecule has 0 spiro atoms. The van der Waals surface area contributed by atoms with Gasteiger partial charge in [-0.2, -0.15) is 0 Å². The standard InChI is InChI=1S/C16H21N3O3/c1-17(15-11-18-8-6-13(15)7-9-18)16(20)10-12-2-4-14(5-3-12)19(21)22/h2-5,13,15H,6-11H2,1H3. The van der Waals surface area contributed by atoms with E-state index in [1.54, 1.807) is 12.1 Å². The summed E-state index contributed by atoms with van der Waals surface area (Å²) in [5.74, 6) is 0.711. The van der Waals surface area contributed by atoms with Gasteiger partial charge >= 0.3 is 0 Å². The number of nitro benzene ring substituents is 1. The van der Waals surface area contributed by atoms with Crippen molar-refractivity contribution < 1.29 is 9.72 Å². The lowest BCUT2D eigenvalue weighted by Gasteiger charge is -2.48. The predicted molar refractivity (Wildman–Crippen MR) is 82.5 cm³/mol. The molecule has 4 rings (SSSR count). The van der Waals surface area contributed by atoms with Gasteiger partial charge in [0, 0.05) is 31.8 Å². The molecule has 2 bridgehead atoms. The lowest BCUT2D eigenvalue weighted by atomic mass is 9.83. The molecule has 0 saturated carbocycles.